The van der Waals surface area contributed by atoms with Gasteiger partial charge in [0.15, 0.2) is 0 Å². The lowest BCUT2D eigenvalue weighted by Gasteiger charge is -2.07. The third-order valence-corrected chi connectivity index (χ3v) is 2.93. The Balaban J connectivity index is 3.45. The predicted octanol–water partition coefficient (Wildman–Crippen LogP) is 1.20. The molecule has 0 spiro atoms. The van der Waals surface area contributed by atoms with E-state index in [1.807, 2.05) is 0 Å². The molecule has 0 fully saturated rings. The molecule has 8 nitrogen and oxygen atoms in total. The molecule has 0 bridgehead atoms. The molecule has 0 aromatic carbocycles. The zero-order valence-electron chi connectivity index (χ0n) is 13.5. The number of hydrogen-bond acceptors (Lipinski definition) is 7. The van der Waals surface area contributed by atoms with E-state index in [-0.39, 0.29) is 35.7 Å². The zero-order valence-corrected chi connectivity index (χ0v) is 13.5. The molecule has 8 heteroatoms. The fourth-order valence-corrected chi connectivity index (χ4v) is 1.95. The summed E-state index contributed by atoms with van der Waals surface area (Å²) in [5.74, 6) is -2.25. The summed E-state index contributed by atoms with van der Waals surface area (Å²) in [6, 6.07) is 0. The number of carbonyl (C=O) groups excluding carboxylic acids is 3. The molecule has 1 aromatic rings. The molecule has 23 heavy (non-hydrogen) atoms. The fourth-order valence-electron chi connectivity index (χ4n) is 1.95. The Labute approximate surface area is 133 Å². The second-order valence-corrected chi connectivity index (χ2v) is 4.44. The molecule has 0 aliphatic rings. The molecular weight excluding hydrogens is 304 g/mol. The molecule has 0 aliphatic carbocycles. The predicted molar refractivity (Wildman–Crippen MR) is 82.5 cm³/mol. The monoisotopic (exact) mass is 324 g/mol. The first-order chi connectivity index (χ1) is 10.9. The molecule has 0 aliphatic heterocycles. The van der Waals surface area contributed by atoms with Gasteiger partial charge in [-0.05, 0) is 26.8 Å². The first-order valence-corrected chi connectivity index (χ1v) is 6.99. The summed E-state index contributed by atoms with van der Waals surface area (Å²) in [4.78, 5) is 38.6. The van der Waals surface area contributed by atoms with E-state index in [0.29, 0.717) is 5.69 Å². The molecule has 3 N–H and O–H groups in total. The van der Waals surface area contributed by atoms with Gasteiger partial charge in [-0.3, -0.25) is 0 Å². The normalized spacial score (nSPS) is 9.91. The van der Waals surface area contributed by atoms with Gasteiger partial charge < -0.3 is 24.9 Å². The molecule has 0 amide bonds. The van der Waals surface area contributed by atoms with Crippen LogP contribution in [0.15, 0.2) is 5.57 Å². The van der Waals surface area contributed by atoms with E-state index >= 15 is 0 Å². The van der Waals surface area contributed by atoms with Gasteiger partial charge in [0.1, 0.15) is 11.4 Å². The number of methoxy groups -OCH3 is 1. The van der Waals surface area contributed by atoms with Gasteiger partial charge in [0.05, 0.1) is 25.9 Å². The number of nitrogens with one attached hydrogen (secondary N) is 1. The molecule has 1 heterocycles. The highest BCUT2D eigenvalue weighted by atomic mass is 16.6. The number of aromatic nitrogens is 1. The third kappa shape index (κ3) is 4.12. The Morgan fingerprint density at radius 1 is 1.13 bits per heavy atom. The van der Waals surface area contributed by atoms with Crippen molar-refractivity contribution in [3.8, 4) is 0 Å². The van der Waals surface area contributed by atoms with Crippen molar-refractivity contribution in [1.82, 2.24) is 4.98 Å². The van der Waals surface area contributed by atoms with Crippen LogP contribution in [0.3, 0.4) is 0 Å². The number of carbonyl (C=O) groups is 3. The van der Waals surface area contributed by atoms with Gasteiger partial charge in [0.2, 0.25) is 0 Å². The van der Waals surface area contributed by atoms with Gasteiger partial charge in [0, 0.05) is 11.3 Å². The molecule has 0 radical (unpaired) electrons. The molecule has 1 rings (SSSR count). The Morgan fingerprint density at radius 2 is 1.65 bits per heavy atom. The molecule has 0 atom stereocenters. The quantitative estimate of drug-likeness (QED) is 0.265. The van der Waals surface area contributed by atoms with Crippen molar-refractivity contribution in [3.63, 3.8) is 0 Å². The van der Waals surface area contributed by atoms with Crippen LogP contribution in [0.1, 0.15) is 35.5 Å². The largest absolute Gasteiger partial charge is 0.465 e. The molecule has 1 aromatic heterocycles. The minimum absolute atomic E-state index is 0.0844. The van der Waals surface area contributed by atoms with Crippen LogP contribution in [0.2, 0.25) is 0 Å². The summed E-state index contributed by atoms with van der Waals surface area (Å²) in [6.07, 6.45) is 1.17. The highest BCUT2D eigenvalue weighted by molar-refractivity contribution is 6.18. The zero-order chi connectivity index (χ0) is 17.6. The van der Waals surface area contributed by atoms with Crippen LogP contribution in [0.25, 0.3) is 6.08 Å². The number of ether oxygens (including phenoxy) is 3. The molecular formula is C15H20N2O6. The SMILES string of the molecule is CCOC(=O)C(=Cc1c(N)[nH]c(C)c1C(=O)OC)C(=O)OCC. The summed E-state index contributed by atoms with van der Waals surface area (Å²) in [5.41, 5.74) is 6.22. The van der Waals surface area contributed by atoms with E-state index in [9.17, 15) is 14.4 Å². The van der Waals surface area contributed by atoms with Crippen molar-refractivity contribution >= 4 is 29.8 Å². The van der Waals surface area contributed by atoms with E-state index in [2.05, 4.69) is 4.98 Å². The van der Waals surface area contributed by atoms with E-state index < -0.39 is 17.9 Å². The van der Waals surface area contributed by atoms with Crippen LogP contribution in [-0.2, 0) is 23.8 Å². The minimum atomic E-state index is -0.861. The number of nitrogen functional groups attached to an aromatic ring is 1. The number of aryl methyl sites for hydroxylation is 1. The van der Waals surface area contributed by atoms with Crippen LogP contribution >= 0.6 is 0 Å². The van der Waals surface area contributed by atoms with Crippen molar-refractivity contribution < 1.29 is 28.6 Å². The number of nitrogens with two attached hydrogens (primary N) is 1. The lowest BCUT2D eigenvalue weighted by Crippen LogP contribution is -2.18. The number of anilines is 1. The lowest BCUT2D eigenvalue weighted by atomic mass is 10.1. The minimum Gasteiger partial charge on any atom is -0.465 e. The van der Waals surface area contributed by atoms with Crippen molar-refractivity contribution in [1.29, 1.82) is 0 Å². The van der Waals surface area contributed by atoms with Crippen LogP contribution in [0.5, 0.6) is 0 Å². The number of rotatable bonds is 6. The number of hydrogen-bond donors (Lipinski definition) is 2. The highest BCUT2D eigenvalue weighted by Crippen LogP contribution is 2.25. The van der Waals surface area contributed by atoms with Gasteiger partial charge in [-0.1, -0.05) is 0 Å². The van der Waals surface area contributed by atoms with Gasteiger partial charge in [-0.15, -0.1) is 0 Å². The number of H-pyrrole nitrogens is 1. The smallest absolute Gasteiger partial charge is 0.345 e. The Bertz CT molecular complexity index is 625. The topological polar surface area (TPSA) is 121 Å². The van der Waals surface area contributed by atoms with E-state index in [1.165, 1.54) is 13.2 Å². The summed E-state index contributed by atoms with van der Waals surface area (Å²) < 4.78 is 14.4. The summed E-state index contributed by atoms with van der Waals surface area (Å²) >= 11 is 0. The van der Waals surface area contributed by atoms with Crippen molar-refractivity contribution in [2.75, 3.05) is 26.1 Å². The summed E-state index contributed by atoms with van der Waals surface area (Å²) in [7, 11) is 1.22. The first-order valence-electron chi connectivity index (χ1n) is 6.99. The second kappa shape index (κ2) is 8.02. The summed E-state index contributed by atoms with van der Waals surface area (Å²) in [5, 5.41) is 0. The molecule has 0 saturated heterocycles. The van der Waals surface area contributed by atoms with Gasteiger partial charge >= 0.3 is 17.9 Å². The van der Waals surface area contributed by atoms with Crippen LogP contribution in [0.4, 0.5) is 5.82 Å². The van der Waals surface area contributed by atoms with E-state index in [1.54, 1.807) is 20.8 Å². The molecule has 126 valence electrons. The molecule has 0 unspecified atom stereocenters. The average molecular weight is 324 g/mol. The van der Waals surface area contributed by atoms with Crippen LogP contribution < -0.4 is 5.73 Å². The van der Waals surface area contributed by atoms with Crippen LogP contribution in [-0.4, -0.2) is 43.2 Å². The van der Waals surface area contributed by atoms with Gasteiger partial charge in [-0.2, -0.15) is 0 Å². The Kier molecular flexibility index (Phi) is 6.37. The highest BCUT2D eigenvalue weighted by Gasteiger charge is 2.25. The van der Waals surface area contributed by atoms with E-state index in [4.69, 9.17) is 19.9 Å². The third-order valence-electron chi connectivity index (χ3n) is 2.93. The second-order valence-electron chi connectivity index (χ2n) is 4.44. The van der Waals surface area contributed by atoms with Gasteiger partial charge in [-0.25, -0.2) is 14.4 Å². The lowest BCUT2D eigenvalue weighted by molar-refractivity contribution is -0.146. The average Bonchev–Trinajstić information content (AvgIpc) is 2.78. The van der Waals surface area contributed by atoms with Crippen molar-refractivity contribution in [2.45, 2.75) is 20.8 Å². The van der Waals surface area contributed by atoms with E-state index in [0.717, 1.165) is 0 Å². The Morgan fingerprint density at radius 3 is 2.09 bits per heavy atom. The number of esters is 3. The maximum absolute atomic E-state index is 12.0. The first kappa shape index (κ1) is 18.3. The molecule has 0 saturated carbocycles. The summed E-state index contributed by atoms with van der Waals surface area (Å²) in [6.45, 7) is 5.00. The fraction of sp³-hybridized carbons (Fsp3) is 0.400. The Hall–Kier alpha value is -2.77. The van der Waals surface area contributed by atoms with Crippen molar-refractivity contribution in [3.05, 3.63) is 22.4 Å². The van der Waals surface area contributed by atoms with Crippen molar-refractivity contribution in [2.24, 2.45) is 0 Å². The maximum Gasteiger partial charge on any atom is 0.345 e. The maximum atomic E-state index is 12.0. The van der Waals surface area contributed by atoms with Gasteiger partial charge in [0.25, 0.3) is 0 Å². The standard InChI is InChI=1S/C15H20N2O6/c1-5-22-13(18)10(14(19)23-6-2)7-9-11(15(20)21-4)8(3)17-12(9)16/h7,17H,5-6,16H2,1-4H3. The number of aromatic amines is 1. The van der Waals surface area contributed by atoms with Crippen LogP contribution in [0, 0.1) is 6.92 Å².